The number of nitrogens with zero attached hydrogens (tertiary/aromatic N) is 4. The van der Waals surface area contributed by atoms with Crippen LogP contribution < -0.4 is 0 Å². The minimum atomic E-state index is 0.0654. The van der Waals surface area contributed by atoms with Crippen LogP contribution in [0.15, 0.2) is 11.7 Å². The van der Waals surface area contributed by atoms with Crippen molar-refractivity contribution in [3.8, 4) is 0 Å². The number of imidazole rings is 1. The molecule has 0 saturated carbocycles. The van der Waals surface area contributed by atoms with Gasteiger partial charge in [-0.3, -0.25) is 4.90 Å². The van der Waals surface area contributed by atoms with Gasteiger partial charge in [-0.05, 0) is 13.8 Å². The molecular formula is C14H20N4OS. The Kier molecular flexibility index (Phi) is 3.87. The zero-order valence-electron chi connectivity index (χ0n) is 12.2. The molecule has 3 rings (SSSR count). The summed E-state index contributed by atoms with van der Waals surface area (Å²) in [6, 6.07) is 0. The smallest absolute Gasteiger partial charge is 0.139 e. The molecule has 3 heterocycles. The van der Waals surface area contributed by atoms with E-state index in [2.05, 4.69) is 26.4 Å². The summed E-state index contributed by atoms with van der Waals surface area (Å²) in [6.07, 6.45) is 2.11. The van der Waals surface area contributed by atoms with Crippen LogP contribution >= 0.6 is 11.3 Å². The summed E-state index contributed by atoms with van der Waals surface area (Å²) < 4.78 is 7.97. The Balaban J connectivity index is 1.70. The van der Waals surface area contributed by atoms with Crippen LogP contribution in [0.2, 0.25) is 0 Å². The van der Waals surface area contributed by atoms with Gasteiger partial charge in [-0.2, -0.15) is 0 Å². The van der Waals surface area contributed by atoms with Crippen molar-refractivity contribution in [1.29, 1.82) is 0 Å². The Bertz CT molecular complexity index is 592. The van der Waals surface area contributed by atoms with Gasteiger partial charge in [0.2, 0.25) is 0 Å². The van der Waals surface area contributed by atoms with Crippen molar-refractivity contribution in [1.82, 2.24) is 19.4 Å². The van der Waals surface area contributed by atoms with Crippen LogP contribution in [-0.2, 0) is 18.3 Å². The Hall–Kier alpha value is -1.24. The summed E-state index contributed by atoms with van der Waals surface area (Å²) in [5, 5.41) is 0. The third-order valence-electron chi connectivity index (χ3n) is 3.68. The standard InChI is InChI=1S/C14H20N4OS/c1-10-6-17(3)14(16-10)12-7-18(4-5-19-12)8-13-11(2)15-9-20-13/h6,9,12H,4-5,7-8H2,1-3H3/t12-/m1/s1. The number of thiazole rings is 1. The topological polar surface area (TPSA) is 43.2 Å². The van der Waals surface area contributed by atoms with E-state index in [9.17, 15) is 0 Å². The normalized spacial score (nSPS) is 20.4. The van der Waals surface area contributed by atoms with Gasteiger partial charge in [0, 0.05) is 37.8 Å². The zero-order chi connectivity index (χ0) is 14.1. The second kappa shape index (κ2) is 5.63. The Morgan fingerprint density at radius 2 is 2.30 bits per heavy atom. The molecule has 108 valence electrons. The number of ether oxygens (including phenoxy) is 1. The molecule has 0 bridgehead atoms. The van der Waals surface area contributed by atoms with Crippen molar-refractivity contribution < 1.29 is 4.74 Å². The molecule has 6 heteroatoms. The molecule has 0 radical (unpaired) electrons. The van der Waals surface area contributed by atoms with Gasteiger partial charge in [0.1, 0.15) is 11.9 Å². The summed E-state index contributed by atoms with van der Waals surface area (Å²) in [5.74, 6) is 1.02. The predicted octanol–water partition coefficient (Wildman–Crippen LogP) is 2.07. The highest BCUT2D eigenvalue weighted by molar-refractivity contribution is 7.09. The molecular weight excluding hydrogens is 272 g/mol. The van der Waals surface area contributed by atoms with Crippen molar-refractivity contribution >= 4 is 11.3 Å². The summed E-state index contributed by atoms with van der Waals surface area (Å²) in [6.45, 7) is 7.67. The molecule has 0 aliphatic carbocycles. The third kappa shape index (κ3) is 2.77. The second-order valence-corrected chi connectivity index (χ2v) is 6.25. The maximum atomic E-state index is 5.90. The van der Waals surface area contributed by atoms with Gasteiger partial charge in [-0.25, -0.2) is 9.97 Å². The van der Waals surface area contributed by atoms with Gasteiger partial charge >= 0.3 is 0 Å². The maximum Gasteiger partial charge on any atom is 0.139 e. The van der Waals surface area contributed by atoms with E-state index in [0.29, 0.717) is 0 Å². The molecule has 1 atom stereocenters. The number of aromatic nitrogens is 3. The number of hydrogen-bond acceptors (Lipinski definition) is 5. The first-order valence-electron chi connectivity index (χ1n) is 6.86. The van der Waals surface area contributed by atoms with E-state index in [1.807, 2.05) is 25.7 Å². The fraction of sp³-hybridized carbons (Fsp3) is 0.571. The molecule has 0 spiro atoms. The number of morpholine rings is 1. The van der Waals surface area contributed by atoms with Crippen LogP contribution in [0.5, 0.6) is 0 Å². The minimum Gasteiger partial charge on any atom is -0.368 e. The molecule has 5 nitrogen and oxygen atoms in total. The molecule has 0 amide bonds. The van der Waals surface area contributed by atoms with Crippen LogP contribution in [0.1, 0.15) is 28.2 Å². The van der Waals surface area contributed by atoms with E-state index >= 15 is 0 Å². The van der Waals surface area contributed by atoms with E-state index in [1.54, 1.807) is 11.3 Å². The number of aryl methyl sites for hydroxylation is 3. The van der Waals surface area contributed by atoms with E-state index < -0.39 is 0 Å². The molecule has 1 fully saturated rings. The Labute approximate surface area is 123 Å². The lowest BCUT2D eigenvalue weighted by atomic mass is 10.2. The van der Waals surface area contributed by atoms with Crippen LogP contribution in [0, 0.1) is 13.8 Å². The molecule has 2 aromatic rings. The van der Waals surface area contributed by atoms with E-state index in [4.69, 9.17) is 4.74 Å². The highest BCUT2D eigenvalue weighted by Gasteiger charge is 2.25. The monoisotopic (exact) mass is 292 g/mol. The quantitative estimate of drug-likeness (QED) is 0.868. The average molecular weight is 292 g/mol. The molecule has 1 aliphatic rings. The number of rotatable bonds is 3. The highest BCUT2D eigenvalue weighted by atomic mass is 32.1. The predicted molar refractivity (Wildman–Crippen MR) is 78.8 cm³/mol. The third-order valence-corrected chi connectivity index (χ3v) is 4.60. The fourth-order valence-electron chi connectivity index (χ4n) is 2.62. The summed E-state index contributed by atoms with van der Waals surface area (Å²) >= 11 is 1.73. The van der Waals surface area contributed by atoms with E-state index in [0.717, 1.165) is 43.5 Å². The molecule has 20 heavy (non-hydrogen) atoms. The fourth-order valence-corrected chi connectivity index (χ4v) is 3.44. The van der Waals surface area contributed by atoms with Gasteiger partial charge in [0.05, 0.1) is 23.5 Å². The molecule has 2 aromatic heterocycles. The summed E-state index contributed by atoms with van der Waals surface area (Å²) in [7, 11) is 2.03. The molecule has 1 aliphatic heterocycles. The lowest BCUT2D eigenvalue weighted by Gasteiger charge is -2.32. The molecule has 0 unspecified atom stereocenters. The van der Waals surface area contributed by atoms with Crippen LogP contribution in [0.25, 0.3) is 0 Å². The zero-order valence-corrected chi connectivity index (χ0v) is 13.0. The average Bonchev–Trinajstić information content (AvgIpc) is 2.96. The van der Waals surface area contributed by atoms with Gasteiger partial charge in [-0.15, -0.1) is 11.3 Å². The van der Waals surface area contributed by atoms with Gasteiger partial charge in [-0.1, -0.05) is 0 Å². The van der Waals surface area contributed by atoms with Crippen LogP contribution in [0.4, 0.5) is 0 Å². The lowest BCUT2D eigenvalue weighted by molar-refractivity contribution is -0.0381. The molecule has 0 N–H and O–H groups in total. The summed E-state index contributed by atoms with van der Waals surface area (Å²) in [5.41, 5.74) is 4.11. The number of hydrogen-bond donors (Lipinski definition) is 0. The van der Waals surface area contributed by atoms with E-state index in [1.165, 1.54) is 4.88 Å². The van der Waals surface area contributed by atoms with E-state index in [-0.39, 0.29) is 6.10 Å². The maximum absolute atomic E-state index is 5.90. The van der Waals surface area contributed by atoms with Crippen molar-refractivity contribution in [2.75, 3.05) is 19.7 Å². The summed E-state index contributed by atoms with van der Waals surface area (Å²) in [4.78, 5) is 12.7. The largest absolute Gasteiger partial charge is 0.368 e. The Morgan fingerprint density at radius 3 is 2.95 bits per heavy atom. The first-order chi connectivity index (χ1) is 9.63. The van der Waals surface area contributed by atoms with Gasteiger partial charge in [0.25, 0.3) is 0 Å². The van der Waals surface area contributed by atoms with Gasteiger partial charge < -0.3 is 9.30 Å². The first-order valence-corrected chi connectivity index (χ1v) is 7.74. The Morgan fingerprint density at radius 1 is 1.45 bits per heavy atom. The van der Waals surface area contributed by atoms with Crippen molar-refractivity contribution in [2.45, 2.75) is 26.5 Å². The molecule has 0 aromatic carbocycles. The van der Waals surface area contributed by atoms with Gasteiger partial charge in [0.15, 0.2) is 0 Å². The van der Waals surface area contributed by atoms with Crippen molar-refractivity contribution in [2.24, 2.45) is 7.05 Å². The van der Waals surface area contributed by atoms with Crippen LogP contribution in [0.3, 0.4) is 0 Å². The molecule has 1 saturated heterocycles. The lowest BCUT2D eigenvalue weighted by Crippen LogP contribution is -2.38. The second-order valence-electron chi connectivity index (χ2n) is 5.31. The van der Waals surface area contributed by atoms with Crippen LogP contribution in [-0.4, -0.2) is 39.1 Å². The van der Waals surface area contributed by atoms with Crippen molar-refractivity contribution in [3.05, 3.63) is 33.8 Å². The highest BCUT2D eigenvalue weighted by Crippen LogP contribution is 2.24. The minimum absolute atomic E-state index is 0.0654. The SMILES string of the molecule is Cc1cn(C)c([C@H]2CN(Cc3scnc3C)CCO2)n1. The first kappa shape index (κ1) is 13.7. The van der Waals surface area contributed by atoms with Crippen molar-refractivity contribution in [3.63, 3.8) is 0 Å².